The minimum absolute atomic E-state index is 0.138. The van der Waals surface area contributed by atoms with Gasteiger partial charge in [-0.3, -0.25) is 9.79 Å². The first-order chi connectivity index (χ1) is 7.08. The number of nitrogens with one attached hydrogen (secondary N) is 1. The fraction of sp³-hybridized carbons (Fsp3) is 0.200. The lowest BCUT2D eigenvalue weighted by Gasteiger charge is -2.03. The molecule has 0 spiro atoms. The molecule has 0 saturated carbocycles. The molecule has 1 amide bonds. The third kappa shape index (κ3) is 1.92. The number of carbonyl (C=O) groups excluding carboxylic acids is 1. The molecular weight excluding hydrogens is 263 g/mol. The normalized spacial score (nSPS) is 20.1. The number of amides is 1. The van der Waals surface area contributed by atoms with E-state index in [0.717, 1.165) is 0 Å². The molecule has 1 aromatic rings. The Morgan fingerprint density at radius 3 is 2.80 bits per heavy atom. The minimum Gasteiger partial charge on any atom is -0.309 e. The summed E-state index contributed by atoms with van der Waals surface area (Å²) in [6.45, 7) is 1.71. The molecule has 0 bridgehead atoms. The molecule has 1 unspecified atom stereocenters. The van der Waals surface area contributed by atoms with Crippen LogP contribution in [0.15, 0.2) is 27.7 Å². The summed E-state index contributed by atoms with van der Waals surface area (Å²) in [4.78, 5) is 15.4. The Morgan fingerprint density at radius 2 is 2.27 bits per heavy atom. The van der Waals surface area contributed by atoms with E-state index in [1.807, 2.05) is 0 Å². The van der Waals surface area contributed by atoms with Gasteiger partial charge in [-0.2, -0.15) is 0 Å². The van der Waals surface area contributed by atoms with E-state index < -0.39 is 0 Å². The summed E-state index contributed by atoms with van der Waals surface area (Å²) in [5, 5.41) is 2.64. The van der Waals surface area contributed by atoms with E-state index in [9.17, 15) is 9.18 Å². The van der Waals surface area contributed by atoms with Gasteiger partial charge < -0.3 is 5.32 Å². The Morgan fingerprint density at radius 1 is 1.53 bits per heavy atom. The Kier molecular flexibility index (Phi) is 2.56. The van der Waals surface area contributed by atoms with Crippen molar-refractivity contribution in [2.24, 2.45) is 4.99 Å². The average Bonchev–Trinajstić information content (AvgIpc) is 2.46. The summed E-state index contributed by atoms with van der Waals surface area (Å²) in [5.74, 6) is 0.0178. The van der Waals surface area contributed by atoms with Crippen molar-refractivity contribution in [2.75, 3.05) is 0 Å². The summed E-state index contributed by atoms with van der Waals surface area (Å²) in [7, 11) is 0. The van der Waals surface area contributed by atoms with Crippen LogP contribution in [0.25, 0.3) is 0 Å². The molecule has 1 aliphatic heterocycles. The van der Waals surface area contributed by atoms with Crippen LogP contribution in [0.4, 0.5) is 4.39 Å². The average molecular weight is 271 g/mol. The molecule has 0 aromatic heterocycles. The molecule has 1 aliphatic rings. The molecule has 0 radical (unpaired) electrons. The molecule has 0 fully saturated rings. The number of carbonyl (C=O) groups is 1. The third-order valence-electron chi connectivity index (χ3n) is 2.13. The molecule has 15 heavy (non-hydrogen) atoms. The van der Waals surface area contributed by atoms with Crippen molar-refractivity contribution in [1.82, 2.24) is 5.32 Å². The van der Waals surface area contributed by atoms with Gasteiger partial charge in [-0.1, -0.05) is 0 Å². The van der Waals surface area contributed by atoms with Gasteiger partial charge in [0, 0.05) is 10.0 Å². The molecule has 0 aliphatic carbocycles. The van der Waals surface area contributed by atoms with Crippen LogP contribution in [0.5, 0.6) is 0 Å². The topological polar surface area (TPSA) is 41.5 Å². The first-order valence-electron chi connectivity index (χ1n) is 4.42. The van der Waals surface area contributed by atoms with Gasteiger partial charge in [0.05, 0.1) is 0 Å². The van der Waals surface area contributed by atoms with Crippen LogP contribution in [0, 0.1) is 5.82 Å². The first kappa shape index (κ1) is 10.3. The highest BCUT2D eigenvalue weighted by Crippen LogP contribution is 2.20. The largest absolute Gasteiger partial charge is 0.309 e. The highest BCUT2D eigenvalue weighted by Gasteiger charge is 2.23. The van der Waals surface area contributed by atoms with Crippen molar-refractivity contribution in [3.05, 3.63) is 34.1 Å². The maximum absolute atomic E-state index is 12.8. The molecule has 2 rings (SSSR count). The van der Waals surface area contributed by atoms with Crippen molar-refractivity contribution in [2.45, 2.75) is 13.0 Å². The van der Waals surface area contributed by atoms with E-state index in [2.05, 4.69) is 26.2 Å². The number of halogens is 2. The lowest BCUT2D eigenvalue weighted by molar-refractivity contribution is -0.119. The van der Waals surface area contributed by atoms with E-state index >= 15 is 0 Å². The van der Waals surface area contributed by atoms with Gasteiger partial charge in [0.25, 0.3) is 0 Å². The quantitative estimate of drug-likeness (QED) is 0.832. The Bertz CT molecular complexity index is 459. The van der Waals surface area contributed by atoms with Crippen LogP contribution in [0.2, 0.25) is 0 Å². The van der Waals surface area contributed by atoms with Crippen molar-refractivity contribution >= 4 is 27.7 Å². The Balaban J connectivity index is 2.39. The maximum atomic E-state index is 12.8. The number of aliphatic imine (C=N–C) groups is 1. The van der Waals surface area contributed by atoms with Gasteiger partial charge >= 0.3 is 0 Å². The smallest absolute Gasteiger partial charge is 0.250 e. The highest BCUT2D eigenvalue weighted by atomic mass is 79.9. The third-order valence-corrected chi connectivity index (χ3v) is 2.79. The first-order valence-corrected chi connectivity index (χ1v) is 5.21. The Labute approximate surface area is 94.5 Å². The monoisotopic (exact) mass is 270 g/mol. The van der Waals surface area contributed by atoms with Gasteiger partial charge in [0.2, 0.25) is 5.91 Å². The molecule has 1 heterocycles. The van der Waals surface area contributed by atoms with Crippen molar-refractivity contribution in [1.29, 1.82) is 0 Å². The fourth-order valence-corrected chi connectivity index (χ4v) is 1.86. The van der Waals surface area contributed by atoms with Crippen molar-refractivity contribution in [3.8, 4) is 0 Å². The zero-order chi connectivity index (χ0) is 11.0. The van der Waals surface area contributed by atoms with Crippen LogP contribution in [0.3, 0.4) is 0 Å². The lowest BCUT2D eigenvalue weighted by Crippen LogP contribution is -2.28. The predicted octanol–water partition coefficient (Wildman–Crippen LogP) is 1.85. The van der Waals surface area contributed by atoms with Crippen LogP contribution < -0.4 is 5.32 Å². The second-order valence-electron chi connectivity index (χ2n) is 3.27. The van der Waals surface area contributed by atoms with Gasteiger partial charge in [0.15, 0.2) is 0 Å². The molecule has 1 aromatic carbocycles. The molecule has 3 nitrogen and oxygen atoms in total. The van der Waals surface area contributed by atoms with Crippen molar-refractivity contribution in [3.63, 3.8) is 0 Å². The maximum Gasteiger partial charge on any atom is 0.250 e. The van der Waals surface area contributed by atoms with Gasteiger partial charge in [0.1, 0.15) is 17.7 Å². The number of rotatable bonds is 1. The summed E-state index contributed by atoms with van der Waals surface area (Å²) in [5.41, 5.74) is 0.689. The van der Waals surface area contributed by atoms with E-state index in [1.54, 1.807) is 13.0 Å². The number of benzene rings is 1. The van der Waals surface area contributed by atoms with Crippen LogP contribution in [-0.4, -0.2) is 17.8 Å². The van der Waals surface area contributed by atoms with E-state index in [-0.39, 0.29) is 17.8 Å². The van der Waals surface area contributed by atoms with E-state index in [0.29, 0.717) is 15.9 Å². The molecule has 1 N–H and O–H groups in total. The SMILES string of the molecule is CC1N=C(c2ccc(F)cc2Br)NC1=O. The summed E-state index contributed by atoms with van der Waals surface area (Å²) >= 11 is 3.22. The van der Waals surface area contributed by atoms with Crippen LogP contribution in [-0.2, 0) is 4.79 Å². The van der Waals surface area contributed by atoms with Crippen LogP contribution >= 0.6 is 15.9 Å². The highest BCUT2D eigenvalue weighted by molar-refractivity contribution is 9.10. The predicted molar refractivity (Wildman–Crippen MR) is 58.2 cm³/mol. The van der Waals surface area contributed by atoms with E-state index in [4.69, 9.17) is 0 Å². The standard InChI is InChI=1S/C10H8BrFN2O/c1-5-10(15)14-9(13-5)7-3-2-6(12)4-8(7)11/h2-5H,1H3,(H,13,14,15). The molecule has 5 heteroatoms. The lowest BCUT2D eigenvalue weighted by atomic mass is 10.2. The number of hydrogen-bond acceptors (Lipinski definition) is 2. The summed E-state index contributed by atoms with van der Waals surface area (Å²) in [6, 6.07) is 3.87. The summed E-state index contributed by atoms with van der Waals surface area (Å²) in [6.07, 6.45) is 0. The van der Waals surface area contributed by atoms with Crippen molar-refractivity contribution < 1.29 is 9.18 Å². The number of nitrogens with zero attached hydrogens (tertiary/aromatic N) is 1. The summed E-state index contributed by atoms with van der Waals surface area (Å²) < 4.78 is 13.4. The zero-order valence-electron chi connectivity index (χ0n) is 7.92. The zero-order valence-corrected chi connectivity index (χ0v) is 9.51. The molecule has 1 atom stereocenters. The number of amidine groups is 1. The fourth-order valence-electron chi connectivity index (χ4n) is 1.32. The Hall–Kier alpha value is -1.23. The van der Waals surface area contributed by atoms with Gasteiger partial charge in [-0.05, 0) is 41.1 Å². The number of hydrogen-bond donors (Lipinski definition) is 1. The second kappa shape index (κ2) is 3.73. The van der Waals surface area contributed by atoms with Gasteiger partial charge in [-0.25, -0.2) is 4.39 Å². The second-order valence-corrected chi connectivity index (χ2v) is 4.12. The minimum atomic E-state index is -0.378. The van der Waals surface area contributed by atoms with Gasteiger partial charge in [-0.15, -0.1) is 0 Å². The molecule has 0 saturated heterocycles. The van der Waals surface area contributed by atoms with E-state index in [1.165, 1.54) is 12.1 Å². The van der Waals surface area contributed by atoms with Crippen LogP contribution in [0.1, 0.15) is 12.5 Å². The molecular formula is C10H8BrFN2O. The molecule has 78 valence electrons.